The number of amides is 1. The van der Waals surface area contributed by atoms with E-state index in [1.165, 1.54) is 0 Å². The molecule has 1 radical (unpaired) electrons. The summed E-state index contributed by atoms with van der Waals surface area (Å²) in [6.45, 7) is 0.190. The maximum absolute atomic E-state index is 10.9. The van der Waals surface area contributed by atoms with Crippen LogP contribution in [-0.4, -0.2) is 22.1 Å². The Morgan fingerprint density at radius 3 is 2.93 bits per heavy atom. The third-order valence-corrected chi connectivity index (χ3v) is 2.24. The van der Waals surface area contributed by atoms with Crippen molar-refractivity contribution >= 4 is 16.9 Å². The average Bonchev–Trinajstić information content (AvgIpc) is 2.61. The first-order valence-corrected chi connectivity index (χ1v) is 4.55. The summed E-state index contributed by atoms with van der Waals surface area (Å²) in [6, 6.07) is 5.00. The molecule has 0 aliphatic carbocycles. The van der Waals surface area contributed by atoms with Crippen LogP contribution in [0.4, 0.5) is 0 Å². The molecule has 0 saturated heterocycles. The Morgan fingerprint density at radius 1 is 1.47 bits per heavy atom. The highest BCUT2D eigenvalue weighted by Gasteiger charge is 2.05. The number of fused-ring (bicyclic) bond motifs is 1. The zero-order valence-corrected chi connectivity index (χ0v) is 8.01. The van der Waals surface area contributed by atoms with E-state index in [1.54, 1.807) is 29.1 Å². The van der Waals surface area contributed by atoms with Gasteiger partial charge < -0.3 is 10.3 Å². The molecule has 0 spiro atoms. The molecule has 5 nitrogen and oxygen atoms in total. The molecule has 0 aliphatic rings. The van der Waals surface area contributed by atoms with Crippen LogP contribution in [0.1, 0.15) is 10.4 Å². The molecule has 2 aromatic rings. The molecule has 1 aromatic heterocycles. The molecule has 0 unspecified atom stereocenters. The summed E-state index contributed by atoms with van der Waals surface area (Å²) in [4.78, 5) is 15.0. The quantitative estimate of drug-likeness (QED) is 0.792. The molecule has 0 saturated carbocycles. The van der Waals surface area contributed by atoms with E-state index in [1.807, 2.05) is 0 Å². The number of rotatable bonds is 3. The molecule has 2 rings (SSSR count). The summed E-state index contributed by atoms with van der Waals surface area (Å²) in [7, 11) is 0. The minimum absolute atomic E-state index is 0.191. The van der Waals surface area contributed by atoms with Crippen molar-refractivity contribution in [3.8, 4) is 0 Å². The first kappa shape index (κ1) is 9.67. The van der Waals surface area contributed by atoms with Crippen LogP contribution in [0.5, 0.6) is 0 Å². The maximum atomic E-state index is 10.9. The van der Waals surface area contributed by atoms with E-state index in [0.717, 1.165) is 5.52 Å². The van der Waals surface area contributed by atoms with Gasteiger partial charge in [0.15, 0.2) is 0 Å². The van der Waals surface area contributed by atoms with Gasteiger partial charge in [-0.3, -0.25) is 4.79 Å². The fourth-order valence-corrected chi connectivity index (χ4v) is 1.49. The Balaban J connectivity index is 2.51. The van der Waals surface area contributed by atoms with E-state index in [9.17, 15) is 9.90 Å². The Labute approximate surface area is 86.1 Å². The van der Waals surface area contributed by atoms with Crippen molar-refractivity contribution in [1.82, 2.24) is 9.55 Å². The van der Waals surface area contributed by atoms with Gasteiger partial charge in [0.05, 0.1) is 23.9 Å². The zero-order chi connectivity index (χ0) is 10.8. The highest BCUT2D eigenvalue weighted by atomic mass is 16.3. The van der Waals surface area contributed by atoms with Gasteiger partial charge in [-0.15, -0.1) is 0 Å². The van der Waals surface area contributed by atoms with Crippen LogP contribution in [0.25, 0.3) is 11.0 Å². The number of carbonyl (C=O) groups excluding carboxylic acids is 1. The highest BCUT2D eigenvalue weighted by Crippen LogP contribution is 2.14. The van der Waals surface area contributed by atoms with Gasteiger partial charge >= 0.3 is 0 Å². The Morgan fingerprint density at radius 2 is 2.27 bits per heavy atom. The van der Waals surface area contributed by atoms with Crippen LogP contribution in [0.15, 0.2) is 24.5 Å². The fraction of sp³-hybridized carbons (Fsp3) is 0.200. The fourth-order valence-electron chi connectivity index (χ4n) is 1.49. The molecule has 15 heavy (non-hydrogen) atoms. The van der Waals surface area contributed by atoms with Gasteiger partial charge in [-0.25, -0.2) is 10.1 Å². The van der Waals surface area contributed by atoms with Crippen molar-refractivity contribution in [3.63, 3.8) is 0 Å². The summed E-state index contributed by atoms with van der Waals surface area (Å²) in [6.07, 6.45) is 1.59. The minimum Gasteiger partial charge on any atom is -0.366 e. The second-order valence-electron chi connectivity index (χ2n) is 3.21. The van der Waals surface area contributed by atoms with Crippen molar-refractivity contribution in [2.24, 2.45) is 5.73 Å². The van der Waals surface area contributed by atoms with E-state index in [0.29, 0.717) is 17.6 Å². The number of nitrogens with zero attached hydrogens (tertiary/aromatic N) is 2. The second kappa shape index (κ2) is 3.70. The van der Waals surface area contributed by atoms with Crippen molar-refractivity contribution in [2.75, 3.05) is 6.61 Å². The van der Waals surface area contributed by atoms with E-state index in [4.69, 9.17) is 5.73 Å². The first-order valence-electron chi connectivity index (χ1n) is 4.55. The lowest BCUT2D eigenvalue weighted by Gasteiger charge is -2.00. The summed E-state index contributed by atoms with van der Waals surface area (Å²) >= 11 is 0. The van der Waals surface area contributed by atoms with Gasteiger partial charge in [0.25, 0.3) is 0 Å². The number of hydrogen-bond acceptors (Lipinski definition) is 2. The van der Waals surface area contributed by atoms with Gasteiger partial charge in [-0.1, -0.05) is 0 Å². The number of aromatic nitrogens is 2. The van der Waals surface area contributed by atoms with E-state index in [-0.39, 0.29) is 6.61 Å². The van der Waals surface area contributed by atoms with Crippen molar-refractivity contribution in [2.45, 2.75) is 6.54 Å². The molecule has 1 heterocycles. The van der Waals surface area contributed by atoms with Crippen LogP contribution < -0.4 is 5.73 Å². The van der Waals surface area contributed by atoms with Gasteiger partial charge in [-0.05, 0) is 18.2 Å². The molecular weight excluding hydrogens is 194 g/mol. The lowest BCUT2D eigenvalue weighted by Crippen LogP contribution is -2.10. The molecule has 2 N–H and O–H groups in total. The lowest BCUT2D eigenvalue weighted by atomic mass is 10.2. The average molecular weight is 204 g/mol. The third kappa shape index (κ3) is 1.69. The standard InChI is InChI=1S/C10H10N3O2/c11-10(15)7-1-2-9-8(5-7)12-6-13(9)3-4-14/h1-2,5-6H,3-4H2,(H2,11,15). The summed E-state index contributed by atoms with van der Waals surface area (Å²) in [5.74, 6) is -0.477. The Bertz CT molecular complexity index is 504. The zero-order valence-electron chi connectivity index (χ0n) is 8.01. The number of benzene rings is 1. The van der Waals surface area contributed by atoms with Gasteiger partial charge in [0.1, 0.15) is 6.61 Å². The van der Waals surface area contributed by atoms with Crippen LogP contribution in [0.2, 0.25) is 0 Å². The minimum atomic E-state index is -0.477. The number of hydrogen-bond donors (Lipinski definition) is 1. The molecule has 0 atom stereocenters. The predicted octanol–water partition coefficient (Wildman–Crippen LogP) is 0.566. The maximum Gasteiger partial charge on any atom is 0.248 e. The topological polar surface area (TPSA) is 80.8 Å². The van der Waals surface area contributed by atoms with E-state index >= 15 is 0 Å². The van der Waals surface area contributed by atoms with Crippen molar-refractivity contribution < 1.29 is 9.90 Å². The van der Waals surface area contributed by atoms with Crippen molar-refractivity contribution in [1.29, 1.82) is 0 Å². The molecular formula is C10H10N3O2. The number of imidazole rings is 1. The lowest BCUT2D eigenvalue weighted by molar-refractivity contribution is 0.100. The van der Waals surface area contributed by atoms with E-state index < -0.39 is 5.91 Å². The summed E-state index contributed by atoms with van der Waals surface area (Å²) in [5, 5.41) is 10.5. The molecule has 5 heteroatoms. The second-order valence-corrected chi connectivity index (χ2v) is 3.21. The van der Waals surface area contributed by atoms with Gasteiger partial charge in [0.2, 0.25) is 5.91 Å². The molecule has 1 amide bonds. The normalized spacial score (nSPS) is 10.7. The summed E-state index contributed by atoms with van der Waals surface area (Å²) < 4.78 is 1.76. The van der Waals surface area contributed by atoms with Gasteiger partial charge in [-0.2, -0.15) is 0 Å². The number of carbonyl (C=O) groups is 1. The molecule has 0 fully saturated rings. The summed E-state index contributed by atoms with van der Waals surface area (Å²) in [5.41, 5.74) is 7.10. The van der Waals surface area contributed by atoms with Crippen LogP contribution >= 0.6 is 0 Å². The number of primary amides is 1. The van der Waals surface area contributed by atoms with Crippen LogP contribution in [-0.2, 0) is 11.7 Å². The van der Waals surface area contributed by atoms with Crippen LogP contribution in [0.3, 0.4) is 0 Å². The highest BCUT2D eigenvalue weighted by molar-refractivity contribution is 5.96. The Kier molecular flexibility index (Phi) is 2.39. The van der Waals surface area contributed by atoms with Crippen LogP contribution in [0, 0.1) is 0 Å². The molecule has 77 valence electrons. The van der Waals surface area contributed by atoms with E-state index in [2.05, 4.69) is 4.98 Å². The first-order chi connectivity index (χ1) is 7.22. The number of nitrogens with two attached hydrogens (primary N) is 1. The molecule has 0 bridgehead atoms. The van der Waals surface area contributed by atoms with Gasteiger partial charge in [0, 0.05) is 5.56 Å². The largest absolute Gasteiger partial charge is 0.366 e. The Hall–Kier alpha value is -1.88. The van der Waals surface area contributed by atoms with Crippen molar-refractivity contribution in [3.05, 3.63) is 30.1 Å². The predicted molar refractivity (Wildman–Crippen MR) is 53.8 cm³/mol. The SMILES string of the molecule is NC(=O)c1ccc2c(c1)ncn2CC[O]. The third-order valence-electron chi connectivity index (χ3n) is 2.24. The molecule has 0 aliphatic heterocycles. The monoisotopic (exact) mass is 204 g/mol. The smallest absolute Gasteiger partial charge is 0.248 e. The molecule has 1 aromatic carbocycles.